The number of carbonyl (C=O) groups excluding carboxylic acids is 1. The molecule has 2 rings (SSSR count). The van der Waals surface area contributed by atoms with Crippen LogP contribution in [-0.4, -0.2) is 62.9 Å². The summed E-state index contributed by atoms with van der Waals surface area (Å²) >= 11 is 0. The Balaban J connectivity index is 2.38. The summed E-state index contributed by atoms with van der Waals surface area (Å²) < 4.78 is 10.6. The van der Waals surface area contributed by atoms with Crippen molar-refractivity contribution in [2.45, 2.75) is 24.5 Å². The van der Waals surface area contributed by atoms with Crippen LogP contribution >= 0.6 is 0 Å². The van der Waals surface area contributed by atoms with Crippen LogP contribution in [0.1, 0.15) is 11.8 Å². The molecule has 126 valence electrons. The highest BCUT2D eigenvalue weighted by Crippen LogP contribution is 2.28. The van der Waals surface area contributed by atoms with Crippen LogP contribution in [0.4, 0.5) is 5.82 Å². The third-order valence-electron chi connectivity index (χ3n) is 3.40. The fourth-order valence-electron chi connectivity index (χ4n) is 2.14. The number of nitrogens with zero attached hydrogens (tertiary/aromatic N) is 2. The lowest BCUT2D eigenvalue weighted by Crippen LogP contribution is -2.36. The summed E-state index contributed by atoms with van der Waals surface area (Å²) in [5, 5.41) is 28.8. The molecule has 1 fully saturated rings. The van der Waals surface area contributed by atoms with E-state index in [1.165, 1.54) is 19.4 Å². The largest absolute Gasteiger partial charge is 0.466 e. The second-order valence-electron chi connectivity index (χ2n) is 4.86. The highest BCUT2D eigenvalue weighted by Gasteiger charge is 2.43. The Morgan fingerprint density at radius 3 is 2.78 bits per heavy atom. The predicted octanol–water partition coefficient (Wildman–Crippen LogP) is -2.38. The molecule has 10 heteroatoms. The molecular formula is C13H17N3O7. The van der Waals surface area contributed by atoms with E-state index < -0.39 is 42.8 Å². The summed E-state index contributed by atoms with van der Waals surface area (Å²) in [5.74, 6) is -0.756. The van der Waals surface area contributed by atoms with E-state index in [0.717, 1.165) is 10.6 Å². The minimum absolute atomic E-state index is 0.127. The molecule has 1 aliphatic heterocycles. The molecule has 23 heavy (non-hydrogen) atoms. The number of hydrogen-bond acceptors (Lipinski definition) is 9. The van der Waals surface area contributed by atoms with Gasteiger partial charge in [0.15, 0.2) is 6.23 Å². The van der Waals surface area contributed by atoms with Crippen LogP contribution in [0.5, 0.6) is 0 Å². The molecule has 0 aliphatic carbocycles. The fourth-order valence-corrected chi connectivity index (χ4v) is 2.14. The number of nitrogen functional groups attached to an aromatic ring is 1. The third-order valence-corrected chi connectivity index (χ3v) is 3.40. The van der Waals surface area contributed by atoms with Crippen LogP contribution in [0.15, 0.2) is 17.1 Å². The lowest BCUT2D eigenvalue weighted by molar-refractivity contribution is -0.134. The van der Waals surface area contributed by atoms with E-state index in [-0.39, 0.29) is 11.4 Å². The molecule has 0 unspecified atom stereocenters. The minimum Gasteiger partial charge on any atom is -0.466 e. The van der Waals surface area contributed by atoms with Crippen LogP contribution in [0.3, 0.4) is 0 Å². The van der Waals surface area contributed by atoms with Crippen LogP contribution < -0.4 is 11.4 Å². The van der Waals surface area contributed by atoms with Crippen molar-refractivity contribution in [3.63, 3.8) is 0 Å². The number of aromatic nitrogens is 2. The van der Waals surface area contributed by atoms with Gasteiger partial charge in [-0.15, -0.1) is 0 Å². The molecule has 1 aromatic heterocycles. The molecule has 5 N–H and O–H groups in total. The van der Waals surface area contributed by atoms with Gasteiger partial charge < -0.3 is 30.5 Å². The Morgan fingerprint density at radius 1 is 1.52 bits per heavy atom. The first-order valence-corrected chi connectivity index (χ1v) is 6.66. The number of rotatable bonds is 4. The number of nitrogens with two attached hydrogens (primary N) is 1. The lowest BCUT2D eigenvalue weighted by Gasteiger charge is -2.18. The van der Waals surface area contributed by atoms with Crippen molar-refractivity contribution in [1.82, 2.24) is 9.55 Å². The number of hydrogen-bond donors (Lipinski definition) is 4. The average molecular weight is 327 g/mol. The van der Waals surface area contributed by atoms with Crippen LogP contribution in [0.25, 0.3) is 6.08 Å². The second-order valence-corrected chi connectivity index (χ2v) is 4.86. The molecule has 0 spiro atoms. The van der Waals surface area contributed by atoms with Crippen molar-refractivity contribution < 1.29 is 29.6 Å². The van der Waals surface area contributed by atoms with Gasteiger partial charge in [-0.3, -0.25) is 4.57 Å². The summed E-state index contributed by atoms with van der Waals surface area (Å²) in [6.45, 7) is -0.527. The number of ether oxygens (including phenoxy) is 2. The maximum Gasteiger partial charge on any atom is 0.351 e. The minimum atomic E-state index is -1.44. The summed E-state index contributed by atoms with van der Waals surface area (Å²) in [4.78, 5) is 26.6. The quantitative estimate of drug-likeness (QED) is 0.350. The van der Waals surface area contributed by atoms with Crippen LogP contribution in [0, 0.1) is 0 Å². The van der Waals surface area contributed by atoms with Gasteiger partial charge in [-0.1, -0.05) is 0 Å². The van der Waals surface area contributed by atoms with Gasteiger partial charge in [0.05, 0.1) is 13.7 Å². The Labute approximate surface area is 130 Å². The summed E-state index contributed by atoms with van der Waals surface area (Å²) in [7, 11) is 1.20. The highest BCUT2D eigenvalue weighted by molar-refractivity contribution is 5.87. The van der Waals surface area contributed by atoms with E-state index in [4.69, 9.17) is 15.6 Å². The summed E-state index contributed by atoms with van der Waals surface area (Å²) in [5.41, 5.74) is 5.01. The molecule has 10 nitrogen and oxygen atoms in total. The number of esters is 1. The Bertz CT molecular complexity index is 672. The van der Waals surface area contributed by atoms with Gasteiger partial charge in [-0.25, -0.2) is 9.59 Å². The topological polar surface area (TPSA) is 157 Å². The zero-order valence-corrected chi connectivity index (χ0v) is 12.2. The molecule has 0 radical (unpaired) electrons. The molecule has 1 aliphatic rings. The van der Waals surface area contributed by atoms with E-state index in [1.54, 1.807) is 0 Å². The number of carbonyl (C=O) groups is 1. The Hall–Kier alpha value is -2.27. The van der Waals surface area contributed by atoms with Crippen molar-refractivity contribution >= 4 is 17.9 Å². The SMILES string of the molecule is COC(=O)C=Cc1cn([C@@H]2O[C@H](CO)[C@H](O)[C@H]2O)c(=O)nc1N. The average Bonchev–Trinajstić information content (AvgIpc) is 2.81. The van der Waals surface area contributed by atoms with E-state index in [1.807, 2.05) is 0 Å². The molecule has 4 atom stereocenters. The lowest BCUT2D eigenvalue weighted by atomic mass is 10.1. The highest BCUT2D eigenvalue weighted by atomic mass is 16.6. The van der Waals surface area contributed by atoms with Crippen molar-refractivity contribution in [2.24, 2.45) is 0 Å². The smallest absolute Gasteiger partial charge is 0.351 e. The number of anilines is 1. The molecule has 0 bridgehead atoms. The summed E-state index contributed by atoms with van der Waals surface area (Å²) in [6.07, 6.45) is -1.48. The van der Waals surface area contributed by atoms with Crippen molar-refractivity contribution in [3.05, 3.63) is 28.3 Å². The molecule has 0 amide bonds. The molecule has 1 saturated heterocycles. The number of aliphatic hydroxyl groups excluding tert-OH is 3. The molecule has 1 aromatic rings. The summed E-state index contributed by atoms with van der Waals surface area (Å²) in [6, 6.07) is 0. The van der Waals surface area contributed by atoms with E-state index in [9.17, 15) is 19.8 Å². The Morgan fingerprint density at radius 2 is 2.22 bits per heavy atom. The van der Waals surface area contributed by atoms with Gasteiger partial charge in [0.1, 0.15) is 24.1 Å². The first-order chi connectivity index (χ1) is 10.9. The van der Waals surface area contributed by atoms with E-state index in [0.29, 0.717) is 0 Å². The number of aliphatic hydroxyl groups is 3. The maximum atomic E-state index is 11.9. The first-order valence-electron chi connectivity index (χ1n) is 6.66. The van der Waals surface area contributed by atoms with Crippen molar-refractivity contribution in [2.75, 3.05) is 19.5 Å². The van der Waals surface area contributed by atoms with Gasteiger partial charge in [0.25, 0.3) is 0 Å². The van der Waals surface area contributed by atoms with Gasteiger partial charge in [0, 0.05) is 17.8 Å². The normalized spacial score (nSPS) is 27.5. The third kappa shape index (κ3) is 3.40. The van der Waals surface area contributed by atoms with Gasteiger partial charge in [-0.05, 0) is 6.08 Å². The first kappa shape index (κ1) is 17.1. The Kier molecular flexibility index (Phi) is 5.11. The molecule has 0 saturated carbocycles. The molecule has 2 heterocycles. The second kappa shape index (κ2) is 6.87. The maximum absolute atomic E-state index is 11.9. The predicted molar refractivity (Wildman–Crippen MR) is 77.0 cm³/mol. The van der Waals surface area contributed by atoms with Gasteiger partial charge >= 0.3 is 11.7 Å². The van der Waals surface area contributed by atoms with Crippen molar-refractivity contribution in [3.8, 4) is 0 Å². The van der Waals surface area contributed by atoms with E-state index in [2.05, 4.69) is 9.72 Å². The fraction of sp³-hybridized carbons (Fsp3) is 0.462. The zero-order valence-electron chi connectivity index (χ0n) is 12.2. The van der Waals surface area contributed by atoms with Crippen LogP contribution in [-0.2, 0) is 14.3 Å². The van der Waals surface area contributed by atoms with Crippen LogP contribution in [0.2, 0.25) is 0 Å². The van der Waals surface area contributed by atoms with Crippen molar-refractivity contribution in [1.29, 1.82) is 0 Å². The molecule has 0 aromatic carbocycles. The zero-order chi connectivity index (χ0) is 17.1. The monoisotopic (exact) mass is 327 g/mol. The number of methoxy groups -OCH3 is 1. The molecular weight excluding hydrogens is 310 g/mol. The standard InChI is InChI=1S/C13H17N3O7/c1-22-8(18)3-2-6-4-16(13(21)15-11(6)14)12-10(20)9(19)7(5-17)23-12/h2-4,7,9-10,12,17,19-20H,5H2,1H3,(H2,14,15,21)/t7-,9+,10-,12-/m1/s1. The van der Waals surface area contributed by atoms with E-state index >= 15 is 0 Å². The van der Waals surface area contributed by atoms with Gasteiger partial charge in [-0.2, -0.15) is 4.98 Å². The van der Waals surface area contributed by atoms with Gasteiger partial charge in [0.2, 0.25) is 0 Å².